The Balaban J connectivity index is 1.81. The van der Waals surface area contributed by atoms with Crippen molar-refractivity contribution in [3.63, 3.8) is 0 Å². The lowest BCUT2D eigenvalue weighted by Crippen LogP contribution is -2.28. The first kappa shape index (κ1) is 15.4. The summed E-state index contributed by atoms with van der Waals surface area (Å²) in [4.78, 5) is 0. The number of para-hydroxylation sites is 2. The third-order valence-corrected chi connectivity index (χ3v) is 3.20. The van der Waals surface area contributed by atoms with Gasteiger partial charge in [-0.3, -0.25) is 0 Å². The fraction of sp³-hybridized carbons (Fsp3) is 0.294. The van der Waals surface area contributed by atoms with E-state index < -0.39 is 0 Å². The van der Waals surface area contributed by atoms with Gasteiger partial charge in [0.25, 0.3) is 0 Å². The number of methoxy groups -OCH3 is 1. The maximum absolute atomic E-state index is 9.45. The lowest BCUT2D eigenvalue weighted by Gasteiger charge is -2.17. The van der Waals surface area contributed by atoms with Crippen molar-refractivity contribution in [1.82, 2.24) is 5.32 Å². The van der Waals surface area contributed by atoms with Gasteiger partial charge in [0.15, 0.2) is 11.5 Å². The van der Waals surface area contributed by atoms with Crippen molar-refractivity contribution in [3.05, 3.63) is 60.2 Å². The minimum atomic E-state index is -0.0764. The first-order valence-corrected chi connectivity index (χ1v) is 7.00. The van der Waals surface area contributed by atoms with Gasteiger partial charge in [-0.05, 0) is 17.7 Å². The van der Waals surface area contributed by atoms with Crippen LogP contribution in [0.4, 0.5) is 0 Å². The largest absolute Gasteiger partial charge is 0.493 e. The molecule has 2 aromatic rings. The van der Waals surface area contributed by atoms with E-state index in [1.165, 1.54) is 0 Å². The SMILES string of the molecule is COc1ccccc1OCCNC(CO)c1ccccc1. The highest BCUT2D eigenvalue weighted by atomic mass is 16.5. The highest BCUT2D eigenvalue weighted by molar-refractivity contribution is 5.39. The van der Waals surface area contributed by atoms with E-state index >= 15 is 0 Å². The van der Waals surface area contributed by atoms with E-state index in [1.807, 2.05) is 54.6 Å². The Morgan fingerprint density at radius 3 is 2.33 bits per heavy atom. The van der Waals surface area contributed by atoms with Crippen LogP contribution in [0.3, 0.4) is 0 Å². The Morgan fingerprint density at radius 2 is 1.67 bits per heavy atom. The monoisotopic (exact) mass is 287 g/mol. The average molecular weight is 287 g/mol. The van der Waals surface area contributed by atoms with E-state index in [1.54, 1.807) is 7.11 Å². The van der Waals surface area contributed by atoms with E-state index in [4.69, 9.17) is 9.47 Å². The van der Waals surface area contributed by atoms with Crippen LogP contribution in [0.25, 0.3) is 0 Å². The van der Waals surface area contributed by atoms with Gasteiger partial charge < -0.3 is 19.9 Å². The second-order valence-corrected chi connectivity index (χ2v) is 4.60. The summed E-state index contributed by atoms with van der Waals surface area (Å²) in [7, 11) is 1.62. The van der Waals surface area contributed by atoms with Gasteiger partial charge >= 0.3 is 0 Å². The summed E-state index contributed by atoms with van der Waals surface area (Å²) in [5, 5.41) is 12.7. The molecule has 0 radical (unpaired) electrons. The second kappa shape index (κ2) is 8.29. The number of benzene rings is 2. The summed E-state index contributed by atoms with van der Waals surface area (Å²) in [5.74, 6) is 1.45. The molecule has 0 bridgehead atoms. The molecule has 2 N–H and O–H groups in total. The molecule has 21 heavy (non-hydrogen) atoms. The average Bonchev–Trinajstić information content (AvgIpc) is 2.56. The molecular formula is C17H21NO3. The third-order valence-electron chi connectivity index (χ3n) is 3.20. The molecule has 0 aliphatic carbocycles. The summed E-state index contributed by atoms with van der Waals surface area (Å²) in [6.45, 7) is 1.19. The molecule has 4 nitrogen and oxygen atoms in total. The molecule has 2 aromatic carbocycles. The number of rotatable bonds is 8. The maximum atomic E-state index is 9.45. The van der Waals surface area contributed by atoms with Crippen molar-refractivity contribution >= 4 is 0 Å². The molecule has 112 valence electrons. The van der Waals surface area contributed by atoms with Gasteiger partial charge in [0.1, 0.15) is 6.61 Å². The van der Waals surface area contributed by atoms with Crippen LogP contribution < -0.4 is 14.8 Å². The quantitative estimate of drug-likeness (QED) is 0.732. The molecule has 2 rings (SSSR count). The number of aliphatic hydroxyl groups is 1. The Hall–Kier alpha value is -2.04. The van der Waals surface area contributed by atoms with Crippen molar-refractivity contribution in [2.24, 2.45) is 0 Å². The Kier molecular flexibility index (Phi) is 6.06. The molecule has 0 amide bonds. The molecule has 4 heteroatoms. The predicted molar refractivity (Wildman–Crippen MR) is 82.8 cm³/mol. The van der Waals surface area contributed by atoms with Crippen molar-refractivity contribution < 1.29 is 14.6 Å². The number of hydrogen-bond acceptors (Lipinski definition) is 4. The van der Waals surface area contributed by atoms with E-state index in [0.29, 0.717) is 13.2 Å². The fourth-order valence-corrected chi connectivity index (χ4v) is 2.11. The van der Waals surface area contributed by atoms with Gasteiger partial charge in [0, 0.05) is 6.54 Å². The number of nitrogens with one attached hydrogen (secondary N) is 1. The van der Waals surface area contributed by atoms with Gasteiger partial charge in [0.2, 0.25) is 0 Å². The topological polar surface area (TPSA) is 50.7 Å². The smallest absolute Gasteiger partial charge is 0.161 e. The van der Waals surface area contributed by atoms with Gasteiger partial charge in [-0.1, -0.05) is 42.5 Å². The standard InChI is InChI=1S/C17H21NO3/c1-20-16-9-5-6-10-17(16)21-12-11-18-15(13-19)14-7-3-2-4-8-14/h2-10,15,18-19H,11-13H2,1H3. The zero-order valence-corrected chi connectivity index (χ0v) is 12.2. The fourth-order valence-electron chi connectivity index (χ4n) is 2.11. The Bertz CT molecular complexity index is 531. The molecule has 1 unspecified atom stereocenters. The van der Waals surface area contributed by atoms with Crippen LogP contribution in [0, 0.1) is 0 Å². The maximum Gasteiger partial charge on any atom is 0.161 e. The van der Waals surface area contributed by atoms with E-state index in [0.717, 1.165) is 17.1 Å². The number of hydrogen-bond donors (Lipinski definition) is 2. The molecule has 0 aliphatic rings. The first-order valence-electron chi connectivity index (χ1n) is 7.00. The van der Waals surface area contributed by atoms with Crippen LogP contribution in [-0.2, 0) is 0 Å². The highest BCUT2D eigenvalue weighted by Crippen LogP contribution is 2.25. The Labute approximate surface area is 125 Å². The van der Waals surface area contributed by atoms with Crippen LogP contribution in [0.5, 0.6) is 11.5 Å². The summed E-state index contributed by atoms with van der Waals surface area (Å²) in [6, 6.07) is 17.4. The molecular weight excluding hydrogens is 266 g/mol. The summed E-state index contributed by atoms with van der Waals surface area (Å²) in [5.41, 5.74) is 1.07. The molecule has 0 saturated carbocycles. The van der Waals surface area contributed by atoms with Crippen LogP contribution in [0.1, 0.15) is 11.6 Å². The third kappa shape index (κ3) is 4.48. The molecule has 0 heterocycles. The van der Waals surface area contributed by atoms with Gasteiger partial charge in [-0.15, -0.1) is 0 Å². The lowest BCUT2D eigenvalue weighted by atomic mass is 10.1. The van der Waals surface area contributed by atoms with Crippen molar-refractivity contribution in [2.75, 3.05) is 26.9 Å². The summed E-state index contributed by atoms with van der Waals surface area (Å²) < 4.78 is 10.9. The van der Waals surface area contributed by atoms with Crippen molar-refractivity contribution in [3.8, 4) is 11.5 Å². The van der Waals surface area contributed by atoms with Gasteiger partial charge in [-0.25, -0.2) is 0 Å². The van der Waals surface area contributed by atoms with Gasteiger partial charge in [-0.2, -0.15) is 0 Å². The zero-order chi connectivity index (χ0) is 14.9. The minimum Gasteiger partial charge on any atom is -0.493 e. The van der Waals surface area contributed by atoms with Gasteiger partial charge in [0.05, 0.1) is 19.8 Å². The molecule has 1 atom stereocenters. The van der Waals surface area contributed by atoms with E-state index in [9.17, 15) is 5.11 Å². The van der Waals surface area contributed by atoms with E-state index in [2.05, 4.69) is 5.32 Å². The second-order valence-electron chi connectivity index (χ2n) is 4.60. The normalized spacial score (nSPS) is 11.9. The molecule has 0 aromatic heterocycles. The molecule has 0 fully saturated rings. The number of aliphatic hydroxyl groups excluding tert-OH is 1. The Morgan fingerprint density at radius 1 is 1.00 bits per heavy atom. The van der Waals surface area contributed by atoms with Crippen molar-refractivity contribution in [2.45, 2.75) is 6.04 Å². The van der Waals surface area contributed by atoms with Crippen LogP contribution in [0.2, 0.25) is 0 Å². The van der Waals surface area contributed by atoms with Crippen LogP contribution in [0.15, 0.2) is 54.6 Å². The van der Waals surface area contributed by atoms with Crippen LogP contribution in [-0.4, -0.2) is 32.0 Å². The van der Waals surface area contributed by atoms with Crippen LogP contribution >= 0.6 is 0 Å². The minimum absolute atomic E-state index is 0.0542. The number of ether oxygens (including phenoxy) is 2. The zero-order valence-electron chi connectivity index (χ0n) is 12.2. The summed E-state index contributed by atoms with van der Waals surface area (Å²) >= 11 is 0. The molecule has 0 spiro atoms. The molecule has 0 aliphatic heterocycles. The van der Waals surface area contributed by atoms with Crippen molar-refractivity contribution in [1.29, 1.82) is 0 Å². The highest BCUT2D eigenvalue weighted by Gasteiger charge is 2.09. The predicted octanol–water partition coefficient (Wildman–Crippen LogP) is 2.40. The lowest BCUT2D eigenvalue weighted by molar-refractivity contribution is 0.230. The molecule has 0 saturated heterocycles. The van der Waals surface area contributed by atoms with E-state index in [-0.39, 0.29) is 12.6 Å². The first-order chi connectivity index (χ1) is 10.3. The summed E-state index contributed by atoms with van der Waals surface area (Å²) in [6.07, 6.45) is 0.